The molecule has 1 heterocycles. The Balaban J connectivity index is 3.25. The van der Waals surface area contributed by atoms with Gasteiger partial charge in [0.1, 0.15) is 0 Å². The lowest BCUT2D eigenvalue weighted by Gasteiger charge is -2.03. The van der Waals surface area contributed by atoms with Crippen molar-refractivity contribution in [2.75, 3.05) is 14.2 Å². The molecule has 0 spiro atoms. The summed E-state index contributed by atoms with van der Waals surface area (Å²) in [5.74, 6) is -0.974. The Morgan fingerprint density at radius 1 is 1.18 bits per heavy atom. The lowest BCUT2D eigenvalue weighted by atomic mass is 10.1. The molecule has 0 aromatic carbocycles. The zero-order chi connectivity index (χ0) is 13.0. The Labute approximate surface area is 99.8 Å². The topological polar surface area (TPSA) is 65.0 Å². The third kappa shape index (κ3) is 3.03. The van der Waals surface area contributed by atoms with Gasteiger partial charge >= 0.3 is 11.9 Å². The molecule has 0 bridgehead atoms. The summed E-state index contributed by atoms with van der Waals surface area (Å²) in [6.07, 6.45) is 1.84. The van der Waals surface area contributed by atoms with Gasteiger partial charge in [0, 0.05) is 17.7 Å². The molecule has 0 fully saturated rings. The van der Waals surface area contributed by atoms with Gasteiger partial charge in [0.25, 0.3) is 0 Å². The molecule has 17 heavy (non-hydrogen) atoms. The highest BCUT2D eigenvalue weighted by atomic mass is 16.5. The summed E-state index contributed by atoms with van der Waals surface area (Å²) in [5, 5.41) is 0. The first-order chi connectivity index (χ1) is 7.99. The predicted octanol–water partition coefficient (Wildman–Crippen LogP) is 1.40. The Bertz CT molecular complexity index is 443. The summed E-state index contributed by atoms with van der Waals surface area (Å²) in [6, 6.07) is 0. The Morgan fingerprint density at radius 3 is 2.29 bits per heavy atom. The minimum Gasteiger partial charge on any atom is -0.466 e. The number of methoxy groups -OCH3 is 2. The summed E-state index contributed by atoms with van der Waals surface area (Å²) in [6.45, 7) is 3.49. The van der Waals surface area contributed by atoms with Crippen LogP contribution in [0.15, 0.2) is 27.9 Å². The van der Waals surface area contributed by atoms with Crippen LogP contribution in [0.2, 0.25) is 0 Å². The van der Waals surface area contributed by atoms with E-state index in [4.69, 9.17) is 0 Å². The van der Waals surface area contributed by atoms with Crippen LogP contribution >= 0.6 is 0 Å². The fourth-order valence-electron chi connectivity index (χ4n) is 1.57. The maximum atomic E-state index is 11.5. The highest BCUT2D eigenvalue weighted by Crippen LogP contribution is 2.19. The Hall–Kier alpha value is -1.91. The second-order valence-corrected chi connectivity index (χ2v) is 3.68. The summed E-state index contributed by atoms with van der Waals surface area (Å²) < 4.78 is 9.30. The van der Waals surface area contributed by atoms with Gasteiger partial charge in [0.05, 0.1) is 25.5 Å². The second kappa shape index (κ2) is 5.43. The number of nitrogens with zero attached hydrogens (tertiary/aromatic N) is 1. The van der Waals surface area contributed by atoms with E-state index >= 15 is 0 Å². The van der Waals surface area contributed by atoms with E-state index in [1.54, 1.807) is 13.8 Å². The van der Waals surface area contributed by atoms with Crippen LogP contribution in [0, 0.1) is 0 Å². The van der Waals surface area contributed by atoms with Gasteiger partial charge in [-0.05, 0) is 19.9 Å². The summed E-state index contributed by atoms with van der Waals surface area (Å²) >= 11 is 0. The van der Waals surface area contributed by atoms with E-state index in [1.165, 1.54) is 20.3 Å². The average molecular weight is 237 g/mol. The predicted molar refractivity (Wildman–Crippen MR) is 62.5 cm³/mol. The molecule has 0 radical (unpaired) electrons. The normalized spacial score (nSPS) is 15.8. The third-order valence-electron chi connectivity index (χ3n) is 2.37. The molecule has 1 rings (SSSR count). The molecular weight excluding hydrogens is 222 g/mol. The number of hydrogen-bond donors (Lipinski definition) is 0. The highest BCUT2D eigenvalue weighted by molar-refractivity contribution is 6.02. The average Bonchev–Trinajstić information content (AvgIpc) is 2.45. The fourth-order valence-corrected chi connectivity index (χ4v) is 1.57. The van der Waals surface area contributed by atoms with Crippen molar-refractivity contribution in [1.29, 1.82) is 0 Å². The molecule has 0 N–H and O–H groups in total. The molecule has 1 aliphatic rings. The van der Waals surface area contributed by atoms with Gasteiger partial charge in [-0.15, -0.1) is 0 Å². The molecule has 92 valence electrons. The van der Waals surface area contributed by atoms with Crippen LogP contribution in [-0.4, -0.2) is 31.9 Å². The lowest BCUT2D eigenvalue weighted by Crippen LogP contribution is -2.09. The van der Waals surface area contributed by atoms with Crippen LogP contribution < -0.4 is 0 Å². The van der Waals surface area contributed by atoms with Crippen LogP contribution in [0.4, 0.5) is 0 Å². The van der Waals surface area contributed by atoms with Crippen molar-refractivity contribution in [2.45, 2.75) is 20.3 Å². The molecule has 0 saturated heterocycles. The van der Waals surface area contributed by atoms with E-state index in [0.717, 1.165) is 5.71 Å². The van der Waals surface area contributed by atoms with Crippen molar-refractivity contribution in [2.24, 2.45) is 4.99 Å². The van der Waals surface area contributed by atoms with Crippen LogP contribution in [-0.2, 0) is 19.1 Å². The van der Waals surface area contributed by atoms with Gasteiger partial charge in [-0.3, -0.25) is 4.99 Å². The molecule has 5 heteroatoms. The molecule has 0 saturated carbocycles. The molecule has 1 aliphatic heterocycles. The highest BCUT2D eigenvalue weighted by Gasteiger charge is 2.20. The Morgan fingerprint density at radius 2 is 1.76 bits per heavy atom. The van der Waals surface area contributed by atoms with E-state index in [2.05, 4.69) is 14.5 Å². The molecule has 0 aromatic rings. The van der Waals surface area contributed by atoms with Gasteiger partial charge in [-0.2, -0.15) is 0 Å². The van der Waals surface area contributed by atoms with Crippen LogP contribution in [0.25, 0.3) is 0 Å². The van der Waals surface area contributed by atoms with E-state index in [9.17, 15) is 9.59 Å². The number of rotatable bonds is 2. The summed E-state index contributed by atoms with van der Waals surface area (Å²) in [7, 11) is 2.59. The number of carbonyl (C=O) groups excluding carboxylic acids is 2. The number of esters is 2. The van der Waals surface area contributed by atoms with Crippen molar-refractivity contribution >= 4 is 17.7 Å². The van der Waals surface area contributed by atoms with Gasteiger partial charge in [0.2, 0.25) is 0 Å². The van der Waals surface area contributed by atoms with E-state index < -0.39 is 11.9 Å². The quantitative estimate of drug-likeness (QED) is 0.681. The van der Waals surface area contributed by atoms with Crippen molar-refractivity contribution in [3.8, 4) is 0 Å². The van der Waals surface area contributed by atoms with Gasteiger partial charge < -0.3 is 9.47 Å². The minimum absolute atomic E-state index is 0.282. The molecule has 0 amide bonds. The number of aliphatic imine (C=N–C) groups is 1. The van der Waals surface area contributed by atoms with Crippen LogP contribution in [0.1, 0.15) is 20.3 Å². The maximum Gasteiger partial charge on any atom is 0.339 e. The Kier molecular flexibility index (Phi) is 4.20. The van der Waals surface area contributed by atoms with Crippen molar-refractivity contribution in [3.05, 3.63) is 22.9 Å². The largest absolute Gasteiger partial charge is 0.466 e. The first-order valence-electron chi connectivity index (χ1n) is 5.11. The number of allylic oxidation sites excluding steroid dienone is 1. The first-order valence-corrected chi connectivity index (χ1v) is 5.11. The van der Waals surface area contributed by atoms with Crippen LogP contribution in [0.3, 0.4) is 0 Å². The minimum atomic E-state index is -0.512. The number of carbonyl (C=O) groups is 2. The number of ether oxygens (including phenoxy) is 2. The number of hydrogen-bond acceptors (Lipinski definition) is 5. The standard InChI is InChI=1S/C12H15NO4/c1-7-5-9(11(14)16-3)6-10(8(2)13-7)12(15)17-4/h6H,5H2,1-4H3. The van der Waals surface area contributed by atoms with Crippen molar-refractivity contribution in [1.82, 2.24) is 0 Å². The fraction of sp³-hybridized carbons (Fsp3) is 0.417. The lowest BCUT2D eigenvalue weighted by molar-refractivity contribution is -0.136. The van der Waals surface area contributed by atoms with Crippen molar-refractivity contribution < 1.29 is 19.1 Å². The van der Waals surface area contributed by atoms with E-state index in [1.807, 2.05) is 0 Å². The van der Waals surface area contributed by atoms with E-state index in [0.29, 0.717) is 17.7 Å². The van der Waals surface area contributed by atoms with Gasteiger partial charge in [0.15, 0.2) is 0 Å². The first kappa shape index (κ1) is 13.2. The molecule has 0 unspecified atom stereocenters. The zero-order valence-corrected chi connectivity index (χ0v) is 10.4. The molecule has 0 aromatic heterocycles. The third-order valence-corrected chi connectivity index (χ3v) is 2.37. The SMILES string of the molecule is COC(=O)C1=CC(C(=O)OC)=C(C)N=C(C)C1. The van der Waals surface area contributed by atoms with Crippen LogP contribution in [0.5, 0.6) is 0 Å². The summed E-state index contributed by atoms with van der Waals surface area (Å²) in [5.41, 5.74) is 1.96. The molecular formula is C12H15NO4. The van der Waals surface area contributed by atoms with Gasteiger partial charge in [-0.25, -0.2) is 9.59 Å². The molecule has 0 aliphatic carbocycles. The maximum absolute atomic E-state index is 11.5. The van der Waals surface area contributed by atoms with Crippen molar-refractivity contribution in [3.63, 3.8) is 0 Å². The molecule has 0 atom stereocenters. The zero-order valence-electron chi connectivity index (χ0n) is 10.4. The van der Waals surface area contributed by atoms with Gasteiger partial charge in [-0.1, -0.05) is 0 Å². The monoisotopic (exact) mass is 237 g/mol. The summed E-state index contributed by atoms with van der Waals surface area (Å²) in [4.78, 5) is 27.3. The smallest absolute Gasteiger partial charge is 0.339 e. The molecule has 5 nitrogen and oxygen atoms in total. The second-order valence-electron chi connectivity index (χ2n) is 3.68. The van der Waals surface area contributed by atoms with E-state index in [-0.39, 0.29) is 5.57 Å².